The zero-order chi connectivity index (χ0) is 13.7. The second-order valence-electron chi connectivity index (χ2n) is 5.22. The van der Waals surface area contributed by atoms with Gasteiger partial charge in [-0.15, -0.1) is 0 Å². The molecule has 1 aromatic heterocycles. The van der Waals surface area contributed by atoms with E-state index in [0.717, 1.165) is 18.7 Å². The molecule has 0 aliphatic rings. The Morgan fingerprint density at radius 3 is 2.58 bits per heavy atom. The third-order valence-corrected chi connectivity index (χ3v) is 3.41. The van der Waals surface area contributed by atoms with Crippen LogP contribution < -0.4 is 5.32 Å². The van der Waals surface area contributed by atoms with Crippen molar-refractivity contribution in [2.24, 2.45) is 0 Å². The first-order valence-corrected chi connectivity index (χ1v) is 6.84. The molecule has 0 aliphatic carbocycles. The number of aryl methyl sites for hydroxylation is 2. The number of hydrogen-bond acceptors (Lipinski definition) is 2. The molecule has 0 fully saturated rings. The minimum atomic E-state index is 0.461. The number of nitrogens with one attached hydrogen (secondary N) is 1. The van der Waals surface area contributed by atoms with Crippen molar-refractivity contribution in [3.8, 4) is 0 Å². The molecule has 0 radical (unpaired) electrons. The minimum Gasteiger partial charge on any atom is -0.310 e. The highest BCUT2D eigenvalue weighted by atomic mass is 14.9. The van der Waals surface area contributed by atoms with Crippen LogP contribution in [0.2, 0.25) is 0 Å². The number of rotatable bonds is 5. The Kier molecular flexibility index (Phi) is 4.69. The van der Waals surface area contributed by atoms with Gasteiger partial charge in [0.1, 0.15) is 0 Å². The molecule has 2 nitrogen and oxygen atoms in total. The predicted octanol–water partition coefficient (Wildman–Crippen LogP) is 3.42. The summed E-state index contributed by atoms with van der Waals surface area (Å²) in [7, 11) is 0. The summed E-state index contributed by atoms with van der Waals surface area (Å²) in [6.07, 6.45) is 3.01. The Morgan fingerprint density at radius 1 is 1.11 bits per heavy atom. The highest BCUT2D eigenvalue weighted by Crippen LogP contribution is 2.10. The Balaban J connectivity index is 1.86. The van der Waals surface area contributed by atoms with Crippen molar-refractivity contribution in [2.45, 2.75) is 39.8 Å². The van der Waals surface area contributed by atoms with E-state index in [4.69, 9.17) is 0 Å². The number of benzene rings is 1. The molecule has 0 spiro atoms. The van der Waals surface area contributed by atoms with Gasteiger partial charge < -0.3 is 5.32 Å². The molecule has 1 aromatic carbocycles. The molecular formula is C17H22N2. The molecule has 100 valence electrons. The van der Waals surface area contributed by atoms with E-state index in [1.54, 1.807) is 0 Å². The average molecular weight is 254 g/mol. The van der Waals surface area contributed by atoms with Crippen LogP contribution in [-0.2, 0) is 13.0 Å². The van der Waals surface area contributed by atoms with Crippen LogP contribution in [0.15, 0.2) is 42.6 Å². The maximum absolute atomic E-state index is 4.32. The van der Waals surface area contributed by atoms with Crippen LogP contribution in [0.3, 0.4) is 0 Å². The predicted molar refractivity (Wildman–Crippen MR) is 80.2 cm³/mol. The molecular weight excluding hydrogens is 232 g/mol. The maximum atomic E-state index is 4.32. The summed E-state index contributed by atoms with van der Waals surface area (Å²) >= 11 is 0. The molecule has 0 saturated carbocycles. The fourth-order valence-corrected chi connectivity index (χ4v) is 2.14. The van der Waals surface area contributed by atoms with E-state index in [9.17, 15) is 0 Å². The summed E-state index contributed by atoms with van der Waals surface area (Å²) in [5.74, 6) is 0. The summed E-state index contributed by atoms with van der Waals surface area (Å²) in [4.78, 5) is 4.32. The summed E-state index contributed by atoms with van der Waals surface area (Å²) in [5, 5.41) is 3.55. The molecule has 0 saturated heterocycles. The van der Waals surface area contributed by atoms with Crippen molar-refractivity contribution in [3.05, 3.63) is 65.0 Å². The van der Waals surface area contributed by atoms with Crippen molar-refractivity contribution in [2.75, 3.05) is 0 Å². The molecule has 2 rings (SSSR count). The number of nitrogens with zero attached hydrogens (tertiary/aromatic N) is 1. The first-order valence-electron chi connectivity index (χ1n) is 6.84. The zero-order valence-corrected chi connectivity index (χ0v) is 12.0. The van der Waals surface area contributed by atoms with E-state index >= 15 is 0 Å². The van der Waals surface area contributed by atoms with E-state index in [1.165, 1.54) is 16.7 Å². The monoisotopic (exact) mass is 254 g/mol. The van der Waals surface area contributed by atoms with Crippen LogP contribution in [0.25, 0.3) is 0 Å². The Morgan fingerprint density at radius 2 is 1.89 bits per heavy atom. The third-order valence-electron chi connectivity index (χ3n) is 3.41. The Labute approximate surface area is 115 Å². The van der Waals surface area contributed by atoms with Gasteiger partial charge in [-0.25, -0.2) is 0 Å². The van der Waals surface area contributed by atoms with E-state index in [1.807, 2.05) is 13.1 Å². The molecule has 2 aromatic rings. The largest absolute Gasteiger partial charge is 0.310 e. The lowest BCUT2D eigenvalue weighted by molar-refractivity contribution is 0.544. The van der Waals surface area contributed by atoms with Crippen molar-refractivity contribution in [1.82, 2.24) is 10.3 Å². The van der Waals surface area contributed by atoms with E-state index in [2.05, 4.69) is 60.5 Å². The first-order chi connectivity index (χ1) is 9.15. The summed E-state index contributed by atoms with van der Waals surface area (Å²) < 4.78 is 0. The molecule has 1 heterocycles. The van der Waals surface area contributed by atoms with Gasteiger partial charge in [-0.1, -0.05) is 30.3 Å². The lowest BCUT2D eigenvalue weighted by atomic mass is 10.0. The van der Waals surface area contributed by atoms with Crippen LogP contribution in [0.4, 0.5) is 0 Å². The molecule has 0 amide bonds. The van der Waals surface area contributed by atoms with Crippen LogP contribution in [-0.4, -0.2) is 11.0 Å². The van der Waals surface area contributed by atoms with Crippen molar-refractivity contribution in [3.63, 3.8) is 0 Å². The lowest BCUT2D eigenvalue weighted by Crippen LogP contribution is -2.27. The zero-order valence-electron chi connectivity index (χ0n) is 12.0. The fourth-order valence-electron chi connectivity index (χ4n) is 2.14. The Bertz CT molecular complexity index is 517. The number of aromatic nitrogens is 1. The van der Waals surface area contributed by atoms with E-state index in [0.29, 0.717) is 6.04 Å². The normalized spacial score (nSPS) is 12.4. The minimum absolute atomic E-state index is 0.461. The lowest BCUT2D eigenvalue weighted by Gasteiger charge is -2.15. The summed E-state index contributed by atoms with van der Waals surface area (Å²) in [6, 6.07) is 13.2. The molecule has 2 heteroatoms. The van der Waals surface area contributed by atoms with Gasteiger partial charge in [-0.05, 0) is 49.9 Å². The van der Waals surface area contributed by atoms with Crippen LogP contribution in [0, 0.1) is 13.8 Å². The van der Waals surface area contributed by atoms with Crippen molar-refractivity contribution in [1.29, 1.82) is 0 Å². The van der Waals surface area contributed by atoms with Crippen molar-refractivity contribution >= 4 is 0 Å². The molecule has 1 atom stereocenters. The highest BCUT2D eigenvalue weighted by Gasteiger charge is 2.05. The van der Waals surface area contributed by atoms with Crippen LogP contribution >= 0.6 is 0 Å². The fraction of sp³-hybridized carbons (Fsp3) is 0.353. The average Bonchev–Trinajstić information content (AvgIpc) is 2.41. The molecule has 0 aliphatic heterocycles. The van der Waals surface area contributed by atoms with E-state index in [-0.39, 0.29) is 0 Å². The SMILES string of the molecule is Cc1ccc(CNC(C)Cc2ccccc2C)cn1. The van der Waals surface area contributed by atoms with Gasteiger partial charge >= 0.3 is 0 Å². The second kappa shape index (κ2) is 6.48. The summed E-state index contributed by atoms with van der Waals surface area (Å²) in [6.45, 7) is 7.29. The quantitative estimate of drug-likeness (QED) is 0.884. The van der Waals surface area contributed by atoms with Gasteiger partial charge in [0.25, 0.3) is 0 Å². The van der Waals surface area contributed by atoms with E-state index < -0.39 is 0 Å². The van der Waals surface area contributed by atoms with Gasteiger partial charge in [-0.2, -0.15) is 0 Å². The molecule has 19 heavy (non-hydrogen) atoms. The van der Waals surface area contributed by atoms with Gasteiger partial charge in [0.15, 0.2) is 0 Å². The smallest absolute Gasteiger partial charge is 0.0372 e. The molecule has 0 bridgehead atoms. The number of hydrogen-bond donors (Lipinski definition) is 1. The van der Waals surface area contributed by atoms with Gasteiger partial charge in [0, 0.05) is 24.5 Å². The second-order valence-corrected chi connectivity index (χ2v) is 5.22. The van der Waals surface area contributed by atoms with Gasteiger partial charge in [0.05, 0.1) is 0 Å². The van der Waals surface area contributed by atoms with Crippen molar-refractivity contribution < 1.29 is 0 Å². The number of pyridine rings is 1. The molecule has 1 N–H and O–H groups in total. The van der Waals surface area contributed by atoms with Gasteiger partial charge in [0.2, 0.25) is 0 Å². The highest BCUT2D eigenvalue weighted by molar-refractivity contribution is 5.26. The standard InChI is InChI=1S/C17H22N2/c1-13-6-4-5-7-17(13)10-15(3)19-12-16-9-8-14(2)18-11-16/h4-9,11,15,19H,10,12H2,1-3H3. The topological polar surface area (TPSA) is 24.9 Å². The maximum Gasteiger partial charge on any atom is 0.0372 e. The molecule has 1 unspecified atom stereocenters. The third kappa shape index (κ3) is 4.18. The first kappa shape index (κ1) is 13.8. The summed E-state index contributed by atoms with van der Waals surface area (Å²) in [5.41, 5.74) is 5.09. The Hall–Kier alpha value is -1.67. The van der Waals surface area contributed by atoms with Gasteiger partial charge in [-0.3, -0.25) is 4.98 Å². The van der Waals surface area contributed by atoms with Crippen LogP contribution in [0.1, 0.15) is 29.3 Å². The van der Waals surface area contributed by atoms with Crippen LogP contribution in [0.5, 0.6) is 0 Å².